The first kappa shape index (κ1) is 18.7. The van der Waals surface area contributed by atoms with Crippen molar-refractivity contribution in [3.63, 3.8) is 0 Å². The molecule has 0 aliphatic carbocycles. The third kappa shape index (κ3) is 6.46. The van der Waals surface area contributed by atoms with E-state index >= 15 is 0 Å². The summed E-state index contributed by atoms with van der Waals surface area (Å²) >= 11 is 0. The van der Waals surface area contributed by atoms with E-state index in [0.717, 1.165) is 38.0 Å². The molecule has 0 radical (unpaired) electrons. The molecule has 1 fully saturated rings. The lowest BCUT2D eigenvalue weighted by molar-refractivity contribution is -0.180. The molecular weight excluding hydrogens is 328 g/mol. The number of ether oxygens (including phenoxy) is 2. The number of aryl methyl sites for hydroxylation is 1. The Bertz CT molecular complexity index is 689. The van der Waals surface area contributed by atoms with Gasteiger partial charge in [0.25, 0.3) is 10.1 Å². The molecule has 24 heavy (non-hydrogen) atoms. The Morgan fingerprint density at radius 3 is 2.67 bits per heavy atom. The fourth-order valence-corrected chi connectivity index (χ4v) is 2.88. The van der Waals surface area contributed by atoms with Crippen molar-refractivity contribution in [2.75, 3.05) is 19.8 Å². The second-order valence-electron chi connectivity index (χ2n) is 5.35. The molecule has 0 spiro atoms. The lowest BCUT2D eigenvalue weighted by Gasteiger charge is -2.22. The fraction of sp³-hybridized carbons (Fsp3) is 0.444. The normalized spacial score (nSPS) is 16.0. The Morgan fingerprint density at radius 1 is 1.25 bits per heavy atom. The zero-order valence-electron chi connectivity index (χ0n) is 13.7. The average Bonchev–Trinajstić information content (AvgIpc) is 2.58. The van der Waals surface area contributed by atoms with Crippen molar-refractivity contribution in [3.05, 3.63) is 42.0 Å². The molecule has 1 aliphatic rings. The molecule has 6 heteroatoms. The molecule has 130 valence electrons. The van der Waals surface area contributed by atoms with Crippen molar-refractivity contribution in [3.8, 4) is 11.8 Å². The molecule has 1 aromatic rings. The van der Waals surface area contributed by atoms with E-state index < -0.39 is 10.1 Å². The second-order valence-corrected chi connectivity index (χ2v) is 6.97. The van der Waals surface area contributed by atoms with E-state index in [1.165, 1.54) is 12.1 Å². The van der Waals surface area contributed by atoms with Gasteiger partial charge in [-0.2, -0.15) is 8.42 Å². The molecule has 1 saturated heterocycles. The zero-order chi connectivity index (χ0) is 17.3. The lowest BCUT2D eigenvalue weighted by atomic mass is 10.2. The highest BCUT2D eigenvalue weighted by atomic mass is 32.2. The van der Waals surface area contributed by atoms with E-state index in [0.29, 0.717) is 0 Å². The van der Waals surface area contributed by atoms with Crippen LogP contribution in [0.4, 0.5) is 0 Å². The van der Waals surface area contributed by atoms with Crippen molar-refractivity contribution in [2.45, 2.75) is 37.4 Å². The number of benzene rings is 1. The molecule has 0 aromatic heterocycles. The van der Waals surface area contributed by atoms with Crippen LogP contribution in [0.1, 0.15) is 24.8 Å². The summed E-state index contributed by atoms with van der Waals surface area (Å²) in [5.41, 5.74) is 0.989. The maximum Gasteiger partial charge on any atom is 0.297 e. The first-order valence-electron chi connectivity index (χ1n) is 7.90. The van der Waals surface area contributed by atoms with Crippen molar-refractivity contribution < 1.29 is 22.1 Å². The number of rotatable bonds is 6. The quantitative estimate of drug-likeness (QED) is 0.583. The van der Waals surface area contributed by atoms with Gasteiger partial charge in [-0.1, -0.05) is 35.6 Å². The summed E-state index contributed by atoms with van der Waals surface area (Å²) in [6, 6.07) is 6.50. The van der Waals surface area contributed by atoms with Gasteiger partial charge in [-0.25, -0.2) is 0 Å². The van der Waals surface area contributed by atoms with Gasteiger partial charge in [0, 0.05) is 6.42 Å². The minimum Gasteiger partial charge on any atom is -0.353 e. The molecule has 0 N–H and O–H groups in total. The highest BCUT2D eigenvalue weighted by Gasteiger charge is 2.13. The smallest absolute Gasteiger partial charge is 0.297 e. The van der Waals surface area contributed by atoms with Crippen LogP contribution in [-0.4, -0.2) is 34.5 Å². The van der Waals surface area contributed by atoms with Crippen LogP contribution in [0.15, 0.2) is 41.3 Å². The minimum absolute atomic E-state index is 0.126. The van der Waals surface area contributed by atoms with E-state index in [1.54, 1.807) is 18.2 Å². The number of hydrogen-bond acceptors (Lipinski definition) is 5. The molecule has 0 atom stereocenters. The standard InChI is InChI=1S/C18H22O5S/c1-16-9-11-17(12-10-16)24(19,20)23-15-6-4-2-3-5-8-18-21-13-7-14-22-18/h2-3,9-12,18H,5,7-8,13-15H2,1H3/b3-2+. The zero-order valence-corrected chi connectivity index (χ0v) is 14.6. The van der Waals surface area contributed by atoms with Gasteiger partial charge < -0.3 is 9.47 Å². The fourth-order valence-electron chi connectivity index (χ4n) is 2.06. The highest BCUT2D eigenvalue weighted by molar-refractivity contribution is 7.86. The predicted molar refractivity (Wildman–Crippen MR) is 90.8 cm³/mol. The lowest BCUT2D eigenvalue weighted by Crippen LogP contribution is -2.24. The molecule has 1 aliphatic heterocycles. The molecule has 1 heterocycles. The maximum atomic E-state index is 11.9. The summed E-state index contributed by atoms with van der Waals surface area (Å²) in [5, 5.41) is 0. The van der Waals surface area contributed by atoms with Crippen LogP contribution in [0.3, 0.4) is 0 Å². The van der Waals surface area contributed by atoms with Gasteiger partial charge in [0.05, 0.1) is 18.1 Å². The van der Waals surface area contributed by atoms with Crippen molar-refractivity contribution in [1.29, 1.82) is 0 Å². The molecule has 0 saturated carbocycles. The Labute approximate surface area is 143 Å². The monoisotopic (exact) mass is 350 g/mol. The van der Waals surface area contributed by atoms with Gasteiger partial charge in [-0.15, -0.1) is 0 Å². The highest BCUT2D eigenvalue weighted by Crippen LogP contribution is 2.13. The maximum absolute atomic E-state index is 11.9. The van der Waals surface area contributed by atoms with Gasteiger partial charge in [0.15, 0.2) is 6.29 Å². The summed E-state index contributed by atoms with van der Waals surface area (Å²) in [4.78, 5) is 0.137. The molecule has 5 nitrogen and oxygen atoms in total. The third-order valence-electron chi connectivity index (χ3n) is 3.36. The van der Waals surface area contributed by atoms with Crippen LogP contribution in [0.2, 0.25) is 0 Å². The molecular formula is C18H22O5S. The van der Waals surface area contributed by atoms with E-state index in [2.05, 4.69) is 11.8 Å². The van der Waals surface area contributed by atoms with Crippen LogP contribution >= 0.6 is 0 Å². The predicted octanol–water partition coefficient (Wildman–Crippen LogP) is 2.80. The largest absolute Gasteiger partial charge is 0.353 e. The van der Waals surface area contributed by atoms with Gasteiger partial charge in [-0.3, -0.25) is 4.18 Å². The molecule has 0 amide bonds. The van der Waals surface area contributed by atoms with Crippen LogP contribution in [0.25, 0.3) is 0 Å². The van der Waals surface area contributed by atoms with Crippen LogP contribution in [-0.2, 0) is 23.8 Å². The first-order chi connectivity index (χ1) is 11.6. The van der Waals surface area contributed by atoms with Crippen molar-refractivity contribution in [2.24, 2.45) is 0 Å². The van der Waals surface area contributed by atoms with E-state index in [-0.39, 0.29) is 17.8 Å². The summed E-state index contributed by atoms with van der Waals surface area (Å²) in [5.74, 6) is 5.42. The Hall–Kier alpha value is -1.65. The number of hydrogen-bond donors (Lipinski definition) is 0. The van der Waals surface area contributed by atoms with Gasteiger partial charge in [-0.05, 0) is 38.0 Å². The Balaban J connectivity index is 1.69. The van der Waals surface area contributed by atoms with E-state index in [9.17, 15) is 8.42 Å². The van der Waals surface area contributed by atoms with Crippen molar-refractivity contribution in [1.82, 2.24) is 0 Å². The van der Waals surface area contributed by atoms with Crippen molar-refractivity contribution >= 4 is 10.1 Å². The Kier molecular flexibility index (Phi) is 7.47. The summed E-state index contributed by atoms with van der Waals surface area (Å²) in [6.45, 7) is 3.22. The third-order valence-corrected chi connectivity index (χ3v) is 4.64. The second kappa shape index (κ2) is 9.60. The van der Waals surface area contributed by atoms with Crippen LogP contribution < -0.4 is 0 Å². The van der Waals surface area contributed by atoms with E-state index in [1.807, 2.05) is 13.0 Å². The minimum atomic E-state index is -3.75. The topological polar surface area (TPSA) is 61.8 Å². The van der Waals surface area contributed by atoms with Gasteiger partial charge >= 0.3 is 0 Å². The Morgan fingerprint density at radius 2 is 1.96 bits per heavy atom. The SMILES string of the molecule is Cc1ccc(S(=O)(=O)OCC#C/C=C/CCC2OCCCO2)cc1. The summed E-state index contributed by atoms with van der Waals surface area (Å²) < 4.78 is 39.6. The summed E-state index contributed by atoms with van der Waals surface area (Å²) in [6.07, 6.45) is 5.99. The average molecular weight is 350 g/mol. The summed E-state index contributed by atoms with van der Waals surface area (Å²) in [7, 11) is -3.75. The number of allylic oxidation sites excluding steroid dienone is 2. The molecule has 0 bridgehead atoms. The molecule has 2 rings (SSSR count). The van der Waals surface area contributed by atoms with Crippen LogP contribution in [0, 0.1) is 18.8 Å². The van der Waals surface area contributed by atoms with Gasteiger partial charge in [0.2, 0.25) is 0 Å². The van der Waals surface area contributed by atoms with E-state index in [4.69, 9.17) is 13.7 Å². The van der Waals surface area contributed by atoms with Gasteiger partial charge in [0.1, 0.15) is 6.61 Å². The molecule has 0 unspecified atom stereocenters. The van der Waals surface area contributed by atoms with Crippen LogP contribution in [0.5, 0.6) is 0 Å². The first-order valence-corrected chi connectivity index (χ1v) is 9.31. The molecule has 1 aromatic carbocycles.